The van der Waals surface area contributed by atoms with E-state index in [4.69, 9.17) is 22.1 Å². The van der Waals surface area contributed by atoms with Gasteiger partial charge in [0.05, 0.1) is 0 Å². The Labute approximate surface area is 112 Å². The summed E-state index contributed by atoms with van der Waals surface area (Å²) in [6.45, 7) is 2.07. The fraction of sp³-hybridized carbons (Fsp3) is 0.200. The van der Waals surface area contributed by atoms with Crippen molar-refractivity contribution >= 4 is 11.6 Å². The van der Waals surface area contributed by atoms with Crippen LogP contribution in [0.25, 0.3) is 0 Å². The summed E-state index contributed by atoms with van der Waals surface area (Å²) < 4.78 is 5.70. The lowest BCUT2D eigenvalue weighted by molar-refractivity contribution is 0.482. The van der Waals surface area contributed by atoms with Crippen molar-refractivity contribution in [2.24, 2.45) is 5.73 Å². The minimum absolute atomic E-state index is 0.0922. The van der Waals surface area contributed by atoms with Crippen molar-refractivity contribution in [2.45, 2.75) is 19.4 Å². The fourth-order valence-corrected chi connectivity index (χ4v) is 1.78. The molecule has 2 rings (SSSR count). The number of rotatable bonds is 4. The highest BCUT2D eigenvalue weighted by Gasteiger charge is 2.03. The van der Waals surface area contributed by atoms with Gasteiger partial charge in [-0.15, -0.1) is 0 Å². The number of hydrogen-bond acceptors (Lipinski definition) is 2. The van der Waals surface area contributed by atoms with E-state index < -0.39 is 0 Å². The molecule has 0 unspecified atom stereocenters. The van der Waals surface area contributed by atoms with E-state index >= 15 is 0 Å². The third-order valence-electron chi connectivity index (χ3n) is 2.80. The van der Waals surface area contributed by atoms with E-state index in [1.807, 2.05) is 36.4 Å². The Hall–Kier alpha value is -1.51. The highest BCUT2D eigenvalue weighted by molar-refractivity contribution is 6.30. The van der Waals surface area contributed by atoms with Gasteiger partial charge in [-0.1, -0.05) is 30.7 Å². The van der Waals surface area contributed by atoms with Crippen LogP contribution < -0.4 is 10.5 Å². The fourth-order valence-electron chi connectivity index (χ4n) is 1.66. The van der Waals surface area contributed by atoms with E-state index in [0.29, 0.717) is 5.02 Å². The van der Waals surface area contributed by atoms with Gasteiger partial charge in [0.25, 0.3) is 0 Å². The quantitative estimate of drug-likeness (QED) is 0.877. The number of halogens is 1. The van der Waals surface area contributed by atoms with E-state index in [9.17, 15) is 0 Å². The highest BCUT2D eigenvalue weighted by Crippen LogP contribution is 2.24. The summed E-state index contributed by atoms with van der Waals surface area (Å²) in [5.41, 5.74) is 7.08. The van der Waals surface area contributed by atoms with Crippen molar-refractivity contribution in [3.05, 3.63) is 59.1 Å². The predicted molar refractivity (Wildman–Crippen MR) is 75.2 cm³/mol. The summed E-state index contributed by atoms with van der Waals surface area (Å²) in [5.74, 6) is 1.57. The van der Waals surface area contributed by atoms with Gasteiger partial charge in [-0.3, -0.25) is 0 Å². The molecule has 0 bridgehead atoms. The maximum absolute atomic E-state index is 5.96. The van der Waals surface area contributed by atoms with E-state index in [0.717, 1.165) is 23.5 Å². The topological polar surface area (TPSA) is 35.2 Å². The van der Waals surface area contributed by atoms with Gasteiger partial charge in [-0.2, -0.15) is 0 Å². The third kappa shape index (κ3) is 3.25. The zero-order valence-corrected chi connectivity index (χ0v) is 11.0. The molecule has 0 heterocycles. The van der Waals surface area contributed by atoms with E-state index in [-0.39, 0.29) is 6.04 Å². The minimum Gasteiger partial charge on any atom is -0.457 e. The smallest absolute Gasteiger partial charge is 0.127 e. The molecule has 0 fully saturated rings. The van der Waals surface area contributed by atoms with Crippen LogP contribution in [0, 0.1) is 0 Å². The monoisotopic (exact) mass is 261 g/mol. The van der Waals surface area contributed by atoms with Gasteiger partial charge in [0.2, 0.25) is 0 Å². The molecular weight excluding hydrogens is 246 g/mol. The maximum atomic E-state index is 5.96. The normalized spacial score (nSPS) is 12.2. The summed E-state index contributed by atoms with van der Waals surface area (Å²) in [4.78, 5) is 0. The molecule has 2 N–H and O–H groups in total. The van der Waals surface area contributed by atoms with Gasteiger partial charge >= 0.3 is 0 Å². The predicted octanol–water partition coefficient (Wildman–Crippen LogP) is 4.54. The van der Waals surface area contributed by atoms with Crippen LogP contribution in [0.2, 0.25) is 5.02 Å². The first-order valence-corrected chi connectivity index (χ1v) is 6.36. The molecule has 18 heavy (non-hydrogen) atoms. The number of nitrogens with two attached hydrogens (primary N) is 1. The molecule has 0 saturated heterocycles. The van der Waals surface area contributed by atoms with E-state index in [1.54, 1.807) is 12.1 Å². The molecule has 0 radical (unpaired) electrons. The Morgan fingerprint density at radius 3 is 2.00 bits per heavy atom. The van der Waals surface area contributed by atoms with Crippen LogP contribution >= 0.6 is 11.6 Å². The van der Waals surface area contributed by atoms with Crippen LogP contribution in [-0.2, 0) is 0 Å². The van der Waals surface area contributed by atoms with Gasteiger partial charge in [0.1, 0.15) is 11.5 Å². The molecule has 3 heteroatoms. The summed E-state index contributed by atoms with van der Waals surface area (Å²) in [7, 11) is 0. The first-order chi connectivity index (χ1) is 8.69. The molecule has 0 amide bonds. The highest BCUT2D eigenvalue weighted by atomic mass is 35.5. The van der Waals surface area contributed by atoms with Gasteiger partial charge < -0.3 is 10.5 Å². The van der Waals surface area contributed by atoms with Crippen molar-refractivity contribution in [1.29, 1.82) is 0 Å². The first-order valence-electron chi connectivity index (χ1n) is 5.98. The molecule has 0 aliphatic carbocycles. The zero-order chi connectivity index (χ0) is 13.0. The molecule has 0 aromatic heterocycles. The Morgan fingerprint density at radius 2 is 1.50 bits per heavy atom. The molecule has 2 aromatic carbocycles. The maximum Gasteiger partial charge on any atom is 0.127 e. The van der Waals surface area contributed by atoms with Crippen LogP contribution in [0.4, 0.5) is 0 Å². The van der Waals surface area contributed by atoms with E-state index in [2.05, 4.69) is 6.92 Å². The van der Waals surface area contributed by atoms with Gasteiger partial charge in [0.15, 0.2) is 0 Å². The van der Waals surface area contributed by atoms with Crippen molar-refractivity contribution in [1.82, 2.24) is 0 Å². The Kier molecular flexibility index (Phi) is 4.24. The second kappa shape index (κ2) is 5.89. The molecule has 0 spiro atoms. The lowest BCUT2D eigenvalue weighted by atomic mass is 10.1. The van der Waals surface area contributed by atoms with Crippen LogP contribution in [0.5, 0.6) is 11.5 Å². The molecule has 0 saturated carbocycles. The zero-order valence-electron chi connectivity index (χ0n) is 10.3. The molecule has 0 aliphatic heterocycles. The number of hydrogen-bond donors (Lipinski definition) is 1. The molecular formula is C15H16ClNO. The van der Waals surface area contributed by atoms with E-state index in [1.165, 1.54) is 0 Å². The summed E-state index contributed by atoms with van der Waals surface area (Å²) in [5, 5.41) is 0.701. The average molecular weight is 262 g/mol. The van der Waals surface area contributed by atoms with Crippen LogP contribution in [-0.4, -0.2) is 0 Å². The van der Waals surface area contributed by atoms with Gasteiger partial charge in [-0.25, -0.2) is 0 Å². The minimum atomic E-state index is 0.0922. The standard InChI is InChI=1S/C15H16ClNO/c1-2-15(17)11-3-7-13(8-4-11)18-14-9-5-12(16)6-10-14/h3-10,15H,2,17H2,1H3/t15-/m1/s1. The number of benzene rings is 2. The van der Waals surface area contributed by atoms with Crippen molar-refractivity contribution in [3.8, 4) is 11.5 Å². The van der Waals surface area contributed by atoms with Gasteiger partial charge in [0, 0.05) is 11.1 Å². The Balaban J connectivity index is 2.08. The SMILES string of the molecule is CC[C@@H](N)c1ccc(Oc2ccc(Cl)cc2)cc1. The van der Waals surface area contributed by atoms with Crippen LogP contribution in [0.15, 0.2) is 48.5 Å². The van der Waals surface area contributed by atoms with Crippen LogP contribution in [0.1, 0.15) is 24.9 Å². The van der Waals surface area contributed by atoms with Crippen molar-refractivity contribution < 1.29 is 4.74 Å². The van der Waals surface area contributed by atoms with Crippen LogP contribution in [0.3, 0.4) is 0 Å². The second-order valence-corrected chi connectivity index (χ2v) is 4.58. The molecule has 2 nitrogen and oxygen atoms in total. The van der Waals surface area contributed by atoms with Crippen molar-refractivity contribution in [2.75, 3.05) is 0 Å². The Bertz CT molecular complexity index is 493. The molecule has 2 aromatic rings. The number of ether oxygens (including phenoxy) is 1. The summed E-state index contributed by atoms with van der Waals surface area (Å²) in [6, 6.07) is 15.2. The third-order valence-corrected chi connectivity index (χ3v) is 3.05. The first kappa shape index (κ1) is 12.9. The Morgan fingerprint density at radius 1 is 1.00 bits per heavy atom. The lowest BCUT2D eigenvalue weighted by Gasteiger charge is -2.10. The molecule has 0 aliphatic rings. The van der Waals surface area contributed by atoms with Crippen molar-refractivity contribution in [3.63, 3.8) is 0 Å². The lowest BCUT2D eigenvalue weighted by Crippen LogP contribution is -2.07. The summed E-state index contributed by atoms with van der Waals surface area (Å²) in [6.07, 6.45) is 0.928. The average Bonchev–Trinajstić information content (AvgIpc) is 2.41. The second-order valence-electron chi connectivity index (χ2n) is 4.14. The largest absolute Gasteiger partial charge is 0.457 e. The molecule has 94 valence electrons. The van der Waals surface area contributed by atoms with Gasteiger partial charge in [-0.05, 0) is 48.4 Å². The molecule has 1 atom stereocenters. The summed E-state index contributed by atoms with van der Waals surface area (Å²) >= 11 is 5.82.